The second-order valence-corrected chi connectivity index (χ2v) is 2.68. The second kappa shape index (κ2) is 3.53. The van der Waals surface area contributed by atoms with E-state index in [1.54, 1.807) is 6.07 Å². The van der Waals surface area contributed by atoms with Crippen molar-refractivity contribution in [3.8, 4) is 0 Å². The number of aromatic nitrogens is 1. The smallest absolute Gasteiger partial charge is 0.165 e. The van der Waals surface area contributed by atoms with E-state index >= 15 is 0 Å². The lowest BCUT2D eigenvalue weighted by Crippen LogP contribution is -1.93. The number of aliphatic hydroxyl groups is 1. The zero-order valence-electron chi connectivity index (χ0n) is 6.87. The topological polar surface area (TPSA) is 46.3 Å². The fraction of sp³-hybridized carbons (Fsp3) is 0.625. The van der Waals surface area contributed by atoms with Gasteiger partial charge in [0.15, 0.2) is 5.76 Å². The molecule has 0 aliphatic heterocycles. The molecule has 0 aliphatic carbocycles. The Labute approximate surface area is 66.0 Å². The van der Waals surface area contributed by atoms with E-state index < -0.39 is 6.10 Å². The van der Waals surface area contributed by atoms with E-state index in [1.807, 2.05) is 13.8 Å². The van der Waals surface area contributed by atoms with E-state index in [4.69, 9.17) is 4.52 Å². The van der Waals surface area contributed by atoms with E-state index in [-0.39, 0.29) is 0 Å². The molecule has 0 spiro atoms. The maximum absolute atomic E-state index is 9.40. The summed E-state index contributed by atoms with van der Waals surface area (Å²) in [5.41, 5.74) is 0.815. The third-order valence-corrected chi connectivity index (χ3v) is 1.54. The van der Waals surface area contributed by atoms with Crippen LogP contribution < -0.4 is 0 Å². The quantitative estimate of drug-likeness (QED) is 0.724. The molecule has 1 rings (SSSR count). The van der Waals surface area contributed by atoms with Crippen molar-refractivity contribution >= 4 is 0 Å². The monoisotopic (exact) mass is 155 g/mol. The number of aliphatic hydroxyl groups excluding tert-OH is 1. The van der Waals surface area contributed by atoms with Gasteiger partial charge in [-0.25, -0.2) is 0 Å². The first kappa shape index (κ1) is 8.27. The van der Waals surface area contributed by atoms with Crippen molar-refractivity contribution in [2.45, 2.75) is 32.8 Å². The predicted octanol–water partition coefficient (Wildman–Crippen LogP) is 1.82. The van der Waals surface area contributed by atoms with E-state index in [9.17, 15) is 5.11 Å². The molecule has 3 heteroatoms. The van der Waals surface area contributed by atoms with Gasteiger partial charge in [0.25, 0.3) is 0 Å². The molecule has 0 aliphatic rings. The first-order chi connectivity index (χ1) is 5.24. The van der Waals surface area contributed by atoms with Gasteiger partial charge in [0, 0.05) is 6.07 Å². The lowest BCUT2D eigenvalue weighted by atomic mass is 10.1. The highest BCUT2D eigenvalue weighted by Gasteiger charge is 2.10. The van der Waals surface area contributed by atoms with Gasteiger partial charge in [-0.1, -0.05) is 18.5 Å². The molecule has 1 unspecified atom stereocenters. The van der Waals surface area contributed by atoms with Crippen molar-refractivity contribution in [1.82, 2.24) is 5.16 Å². The minimum Gasteiger partial charge on any atom is -0.385 e. The SMILES string of the molecule is CCCC(O)c1cc(C)no1. The molecule has 0 bridgehead atoms. The van der Waals surface area contributed by atoms with Gasteiger partial charge in [0.05, 0.1) is 5.69 Å². The lowest BCUT2D eigenvalue weighted by Gasteiger charge is -2.02. The maximum Gasteiger partial charge on any atom is 0.165 e. The third-order valence-electron chi connectivity index (χ3n) is 1.54. The molecule has 1 aromatic heterocycles. The summed E-state index contributed by atoms with van der Waals surface area (Å²) in [6, 6.07) is 1.76. The zero-order valence-corrected chi connectivity index (χ0v) is 6.87. The Morgan fingerprint density at radius 1 is 1.73 bits per heavy atom. The normalized spacial score (nSPS) is 13.4. The van der Waals surface area contributed by atoms with Gasteiger partial charge in [-0.3, -0.25) is 0 Å². The first-order valence-electron chi connectivity index (χ1n) is 3.85. The third kappa shape index (κ3) is 2.05. The van der Waals surface area contributed by atoms with Crippen LogP contribution in [0.1, 0.15) is 37.3 Å². The van der Waals surface area contributed by atoms with Gasteiger partial charge in [-0.15, -0.1) is 0 Å². The van der Waals surface area contributed by atoms with Crippen LogP contribution in [0.5, 0.6) is 0 Å². The minimum absolute atomic E-state index is 0.485. The summed E-state index contributed by atoms with van der Waals surface area (Å²) in [5.74, 6) is 0.573. The Bertz CT molecular complexity index is 220. The molecule has 1 atom stereocenters. The second-order valence-electron chi connectivity index (χ2n) is 2.68. The first-order valence-corrected chi connectivity index (χ1v) is 3.85. The van der Waals surface area contributed by atoms with Crippen LogP contribution in [-0.2, 0) is 0 Å². The Morgan fingerprint density at radius 3 is 2.91 bits per heavy atom. The summed E-state index contributed by atoms with van der Waals surface area (Å²) in [6.07, 6.45) is 1.19. The molecule has 0 saturated heterocycles. The van der Waals surface area contributed by atoms with Crippen molar-refractivity contribution in [1.29, 1.82) is 0 Å². The molecule has 0 amide bonds. The largest absolute Gasteiger partial charge is 0.385 e. The van der Waals surface area contributed by atoms with Gasteiger partial charge in [0.2, 0.25) is 0 Å². The molecule has 1 aromatic rings. The molecule has 0 fully saturated rings. The Balaban J connectivity index is 2.60. The zero-order chi connectivity index (χ0) is 8.27. The molecule has 1 heterocycles. The van der Waals surface area contributed by atoms with Crippen molar-refractivity contribution in [3.05, 3.63) is 17.5 Å². The molecule has 0 radical (unpaired) electrons. The summed E-state index contributed by atoms with van der Waals surface area (Å²) in [4.78, 5) is 0. The van der Waals surface area contributed by atoms with Gasteiger partial charge >= 0.3 is 0 Å². The molecule has 62 valence electrons. The fourth-order valence-electron chi connectivity index (χ4n) is 0.956. The summed E-state index contributed by atoms with van der Waals surface area (Å²) in [6.45, 7) is 3.86. The molecule has 1 N–H and O–H groups in total. The van der Waals surface area contributed by atoms with Crippen molar-refractivity contribution in [2.75, 3.05) is 0 Å². The van der Waals surface area contributed by atoms with E-state index in [0.29, 0.717) is 5.76 Å². The minimum atomic E-state index is -0.485. The van der Waals surface area contributed by atoms with E-state index in [0.717, 1.165) is 18.5 Å². The summed E-state index contributed by atoms with van der Waals surface area (Å²) < 4.78 is 4.88. The van der Waals surface area contributed by atoms with Crippen LogP contribution >= 0.6 is 0 Å². The average molecular weight is 155 g/mol. The summed E-state index contributed by atoms with van der Waals surface area (Å²) >= 11 is 0. The molecule has 11 heavy (non-hydrogen) atoms. The Kier molecular flexibility index (Phi) is 2.65. The van der Waals surface area contributed by atoms with Crippen LogP contribution in [0.3, 0.4) is 0 Å². The highest BCUT2D eigenvalue weighted by Crippen LogP contribution is 2.18. The fourth-order valence-corrected chi connectivity index (χ4v) is 0.956. The van der Waals surface area contributed by atoms with Crippen molar-refractivity contribution in [3.63, 3.8) is 0 Å². The highest BCUT2D eigenvalue weighted by molar-refractivity contribution is 5.05. The van der Waals surface area contributed by atoms with Crippen LogP contribution in [-0.4, -0.2) is 10.3 Å². The van der Waals surface area contributed by atoms with Gasteiger partial charge in [-0.05, 0) is 13.3 Å². The van der Waals surface area contributed by atoms with Gasteiger partial charge in [0.1, 0.15) is 6.10 Å². The van der Waals surface area contributed by atoms with Crippen molar-refractivity contribution < 1.29 is 9.63 Å². The standard InChI is InChI=1S/C8H13NO2/c1-3-4-7(10)8-5-6(2)9-11-8/h5,7,10H,3-4H2,1-2H3. The van der Waals surface area contributed by atoms with E-state index in [1.165, 1.54) is 0 Å². The number of aryl methyl sites for hydroxylation is 1. The van der Waals surface area contributed by atoms with Gasteiger partial charge in [-0.2, -0.15) is 0 Å². The maximum atomic E-state index is 9.40. The predicted molar refractivity (Wildman–Crippen MR) is 41.1 cm³/mol. The lowest BCUT2D eigenvalue weighted by molar-refractivity contribution is 0.129. The van der Waals surface area contributed by atoms with E-state index in [2.05, 4.69) is 5.16 Å². The molecule has 0 saturated carbocycles. The van der Waals surface area contributed by atoms with Crippen LogP contribution in [0.4, 0.5) is 0 Å². The number of hydrogen-bond donors (Lipinski definition) is 1. The van der Waals surface area contributed by atoms with Crippen LogP contribution in [0.15, 0.2) is 10.6 Å². The number of rotatable bonds is 3. The van der Waals surface area contributed by atoms with Crippen LogP contribution in [0, 0.1) is 6.92 Å². The Morgan fingerprint density at radius 2 is 2.45 bits per heavy atom. The van der Waals surface area contributed by atoms with Crippen LogP contribution in [0.2, 0.25) is 0 Å². The van der Waals surface area contributed by atoms with Crippen molar-refractivity contribution in [2.24, 2.45) is 0 Å². The molecular weight excluding hydrogens is 142 g/mol. The Hall–Kier alpha value is -0.830. The highest BCUT2D eigenvalue weighted by atomic mass is 16.5. The summed E-state index contributed by atoms with van der Waals surface area (Å²) in [5, 5.41) is 13.1. The molecular formula is C8H13NO2. The number of hydrogen-bond acceptors (Lipinski definition) is 3. The summed E-state index contributed by atoms with van der Waals surface area (Å²) in [7, 11) is 0. The molecule has 0 aromatic carbocycles. The average Bonchev–Trinajstić information content (AvgIpc) is 2.36. The number of nitrogens with zero attached hydrogens (tertiary/aromatic N) is 1. The van der Waals surface area contributed by atoms with Crippen LogP contribution in [0.25, 0.3) is 0 Å². The molecule has 3 nitrogen and oxygen atoms in total. The van der Waals surface area contributed by atoms with Gasteiger partial charge < -0.3 is 9.63 Å².